The molecule has 0 bridgehead atoms. The maximum Gasteiger partial charge on any atom is 0.179 e. The molecule has 0 aliphatic carbocycles. The quantitative estimate of drug-likeness (QED) is 0.867. The molecular formula is C11H16ClNO2. The largest absolute Gasteiger partial charge is 0.493 e. The summed E-state index contributed by atoms with van der Waals surface area (Å²) in [7, 11) is 3.15. The predicted octanol–water partition coefficient (Wildman–Crippen LogP) is 2.69. The number of methoxy groups -OCH3 is 2. The van der Waals surface area contributed by atoms with Gasteiger partial charge >= 0.3 is 0 Å². The smallest absolute Gasteiger partial charge is 0.179 e. The molecule has 0 heterocycles. The highest BCUT2D eigenvalue weighted by atomic mass is 35.5. The van der Waals surface area contributed by atoms with Gasteiger partial charge in [-0.3, -0.25) is 0 Å². The first-order valence-corrected chi connectivity index (χ1v) is 5.07. The summed E-state index contributed by atoms with van der Waals surface area (Å²) < 4.78 is 10.5. The number of hydrogen-bond acceptors (Lipinski definition) is 3. The van der Waals surface area contributed by atoms with Crippen molar-refractivity contribution in [1.29, 1.82) is 0 Å². The Kier molecular flexibility index (Phi) is 3.83. The Bertz CT molecular complexity index is 364. The summed E-state index contributed by atoms with van der Waals surface area (Å²) in [6.07, 6.45) is 0. The minimum Gasteiger partial charge on any atom is -0.493 e. The number of rotatable bonds is 3. The average molecular weight is 230 g/mol. The molecular weight excluding hydrogens is 214 g/mol. The molecule has 0 amide bonds. The second-order valence-electron chi connectivity index (χ2n) is 3.43. The van der Waals surface area contributed by atoms with Crippen LogP contribution in [0.5, 0.6) is 11.5 Å². The normalized spacial score (nSPS) is 12.4. The van der Waals surface area contributed by atoms with Crippen LogP contribution in [0.2, 0.25) is 5.02 Å². The van der Waals surface area contributed by atoms with Crippen molar-refractivity contribution in [2.45, 2.75) is 19.9 Å². The van der Waals surface area contributed by atoms with E-state index in [4.69, 9.17) is 26.8 Å². The van der Waals surface area contributed by atoms with E-state index in [-0.39, 0.29) is 6.04 Å². The third-order valence-electron chi connectivity index (χ3n) is 2.38. The van der Waals surface area contributed by atoms with Crippen LogP contribution in [0.1, 0.15) is 24.1 Å². The van der Waals surface area contributed by atoms with Crippen molar-refractivity contribution in [3.8, 4) is 11.5 Å². The summed E-state index contributed by atoms with van der Waals surface area (Å²) in [5.74, 6) is 1.21. The number of hydrogen-bond donors (Lipinski definition) is 1. The molecule has 0 saturated heterocycles. The lowest BCUT2D eigenvalue weighted by atomic mass is 10.0. The van der Waals surface area contributed by atoms with E-state index in [1.165, 1.54) is 0 Å². The average Bonchev–Trinajstić information content (AvgIpc) is 2.19. The third kappa shape index (κ3) is 2.19. The molecule has 1 rings (SSSR count). The van der Waals surface area contributed by atoms with Gasteiger partial charge in [-0.2, -0.15) is 0 Å². The SMILES string of the molecule is COc1c(Cl)cc(C(C)N)c(C)c1OC. The van der Waals surface area contributed by atoms with E-state index in [1.54, 1.807) is 14.2 Å². The van der Waals surface area contributed by atoms with Gasteiger partial charge in [0.1, 0.15) is 0 Å². The molecule has 0 radical (unpaired) electrons. The van der Waals surface area contributed by atoms with E-state index >= 15 is 0 Å². The fourth-order valence-corrected chi connectivity index (χ4v) is 1.91. The summed E-state index contributed by atoms with van der Waals surface area (Å²) in [4.78, 5) is 0. The molecule has 0 saturated carbocycles. The Hall–Kier alpha value is -0.930. The van der Waals surface area contributed by atoms with Crippen LogP contribution in [0, 0.1) is 6.92 Å². The first-order valence-electron chi connectivity index (χ1n) is 4.69. The lowest BCUT2D eigenvalue weighted by molar-refractivity contribution is 0.352. The van der Waals surface area contributed by atoms with Crippen molar-refractivity contribution in [3.63, 3.8) is 0 Å². The van der Waals surface area contributed by atoms with Crippen molar-refractivity contribution in [3.05, 3.63) is 22.2 Å². The molecule has 3 nitrogen and oxygen atoms in total. The fraction of sp³-hybridized carbons (Fsp3) is 0.455. The summed E-state index contributed by atoms with van der Waals surface area (Å²) >= 11 is 6.07. The molecule has 0 aliphatic heterocycles. The zero-order valence-electron chi connectivity index (χ0n) is 9.43. The molecule has 84 valence electrons. The molecule has 1 aromatic carbocycles. The molecule has 4 heteroatoms. The number of nitrogens with two attached hydrogens (primary N) is 1. The van der Waals surface area contributed by atoms with Crippen molar-refractivity contribution in [2.75, 3.05) is 14.2 Å². The van der Waals surface area contributed by atoms with Gasteiger partial charge in [0.25, 0.3) is 0 Å². The van der Waals surface area contributed by atoms with Crippen LogP contribution in [-0.4, -0.2) is 14.2 Å². The van der Waals surface area contributed by atoms with E-state index in [0.717, 1.165) is 11.1 Å². The molecule has 0 aromatic heterocycles. The number of benzene rings is 1. The monoisotopic (exact) mass is 229 g/mol. The second kappa shape index (κ2) is 4.73. The van der Waals surface area contributed by atoms with E-state index < -0.39 is 0 Å². The minimum atomic E-state index is -0.0812. The Labute approximate surface area is 95.1 Å². The lowest BCUT2D eigenvalue weighted by Gasteiger charge is -2.17. The Morgan fingerprint density at radius 1 is 1.27 bits per heavy atom. The lowest BCUT2D eigenvalue weighted by Crippen LogP contribution is -2.08. The molecule has 0 aliphatic rings. The van der Waals surface area contributed by atoms with Crippen molar-refractivity contribution in [2.24, 2.45) is 5.73 Å². The van der Waals surface area contributed by atoms with Gasteiger partial charge in [0.15, 0.2) is 11.5 Å². The summed E-state index contributed by atoms with van der Waals surface area (Å²) in [5.41, 5.74) is 7.78. The molecule has 1 unspecified atom stereocenters. The van der Waals surface area contributed by atoms with Crippen molar-refractivity contribution in [1.82, 2.24) is 0 Å². The Morgan fingerprint density at radius 2 is 1.80 bits per heavy atom. The van der Waals surface area contributed by atoms with Gasteiger partial charge < -0.3 is 15.2 Å². The first-order chi connectivity index (χ1) is 7.02. The van der Waals surface area contributed by atoms with Gasteiger partial charge in [0.05, 0.1) is 19.2 Å². The summed E-state index contributed by atoms with van der Waals surface area (Å²) in [5, 5.41) is 0.521. The number of ether oxygens (including phenoxy) is 2. The zero-order chi connectivity index (χ0) is 11.6. The summed E-state index contributed by atoms with van der Waals surface area (Å²) in [6, 6.07) is 1.74. The highest BCUT2D eigenvalue weighted by molar-refractivity contribution is 6.32. The Morgan fingerprint density at radius 3 is 2.20 bits per heavy atom. The summed E-state index contributed by atoms with van der Waals surface area (Å²) in [6.45, 7) is 3.85. The molecule has 1 atom stereocenters. The van der Waals surface area contributed by atoms with Gasteiger partial charge in [-0.15, -0.1) is 0 Å². The minimum absolute atomic E-state index is 0.0812. The predicted molar refractivity (Wildman–Crippen MR) is 61.9 cm³/mol. The highest BCUT2D eigenvalue weighted by Gasteiger charge is 2.17. The van der Waals surface area contributed by atoms with Gasteiger partial charge in [-0.1, -0.05) is 11.6 Å². The molecule has 15 heavy (non-hydrogen) atoms. The fourth-order valence-electron chi connectivity index (χ4n) is 1.63. The first kappa shape index (κ1) is 12.1. The second-order valence-corrected chi connectivity index (χ2v) is 3.83. The van der Waals surface area contributed by atoms with Crippen LogP contribution < -0.4 is 15.2 Å². The van der Waals surface area contributed by atoms with Crippen LogP contribution in [0.25, 0.3) is 0 Å². The highest BCUT2D eigenvalue weighted by Crippen LogP contribution is 2.40. The third-order valence-corrected chi connectivity index (χ3v) is 2.66. The van der Waals surface area contributed by atoms with Gasteiger partial charge in [-0.25, -0.2) is 0 Å². The van der Waals surface area contributed by atoms with Crippen LogP contribution in [0.3, 0.4) is 0 Å². The maximum atomic E-state index is 6.07. The van der Waals surface area contributed by atoms with Crippen molar-refractivity contribution >= 4 is 11.6 Å². The molecule has 2 N–H and O–H groups in total. The van der Waals surface area contributed by atoms with Crippen LogP contribution >= 0.6 is 11.6 Å². The zero-order valence-corrected chi connectivity index (χ0v) is 10.2. The van der Waals surface area contributed by atoms with Gasteiger partial charge in [-0.05, 0) is 31.0 Å². The van der Waals surface area contributed by atoms with Crippen molar-refractivity contribution < 1.29 is 9.47 Å². The van der Waals surface area contributed by atoms with E-state index in [1.807, 2.05) is 19.9 Å². The standard InChI is InChI=1S/C11H16ClNO2/c1-6-8(7(2)13)5-9(12)11(15-4)10(6)14-3/h5,7H,13H2,1-4H3. The Balaban J connectivity index is 3.44. The van der Waals surface area contributed by atoms with E-state index in [0.29, 0.717) is 16.5 Å². The molecule has 0 fully saturated rings. The van der Waals surface area contributed by atoms with Crippen LogP contribution in [0.15, 0.2) is 6.07 Å². The topological polar surface area (TPSA) is 44.5 Å². The maximum absolute atomic E-state index is 6.07. The number of halogens is 1. The molecule has 1 aromatic rings. The van der Waals surface area contributed by atoms with E-state index in [2.05, 4.69) is 0 Å². The van der Waals surface area contributed by atoms with E-state index in [9.17, 15) is 0 Å². The van der Waals surface area contributed by atoms with Gasteiger partial charge in [0.2, 0.25) is 0 Å². The van der Waals surface area contributed by atoms with Gasteiger partial charge in [0, 0.05) is 6.04 Å². The molecule has 0 spiro atoms. The van der Waals surface area contributed by atoms with Crippen LogP contribution in [-0.2, 0) is 0 Å². The van der Waals surface area contributed by atoms with Crippen LogP contribution in [0.4, 0.5) is 0 Å².